The number of anilines is 2. The lowest BCUT2D eigenvalue weighted by molar-refractivity contribution is -0.274. The van der Waals surface area contributed by atoms with Crippen LogP contribution in [0.25, 0.3) is 11.3 Å². The first-order chi connectivity index (χ1) is 14.3. The third kappa shape index (κ3) is 6.66. The molecule has 1 aromatic carbocycles. The van der Waals surface area contributed by atoms with E-state index < -0.39 is 6.36 Å². The highest BCUT2D eigenvalue weighted by molar-refractivity contribution is 5.65. The van der Waals surface area contributed by atoms with Crippen LogP contribution in [0.2, 0.25) is 0 Å². The number of aromatic nitrogens is 2. The number of alkyl halides is 3. The molecule has 0 amide bonds. The quantitative estimate of drug-likeness (QED) is 0.536. The van der Waals surface area contributed by atoms with Crippen molar-refractivity contribution in [1.29, 1.82) is 0 Å². The van der Waals surface area contributed by atoms with Crippen LogP contribution in [0.4, 0.5) is 24.9 Å². The Hall–Kier alpha value is -3.27. The van der Waals surface area contributed by atoms with Crippen molar-refractivity contribution in [1.82, 2.24) is 14.9 Å². The Balaban J connectivity index is 1.85. The molecule has 0 aliphatic heterocycles. The zero-order valence-corrected chi connectivity index (χ0v) is 16.5. The summed E-state index contributed by atoms with van der Waals surface area (Å²) in [5, 5.41) is 6.28. The van der Waals surface area contributed by atoms with Crippen LogP contribution < -0.4 is 15.4 Å². The highest BCUT2D eigenvalue weighted by Gasteiger charge is 2.31. The zero-order chi connectivity index (χ0) is 21.6. The van der Waals surface area contributed by atoms with Crippen molar-refractivity contribution in [3.8, 4) is 17.0 Å². The van der Waals surface area contributed by atoms with Gasteiger partial charge in [-0.05, 0) is 38.4 Å². The van der Waals surface area contributed by atoms with Gasteiger partial charge in [-0.2, -0.15) is 4.98 Å². The number of furan rings is 1. The molecular formula is C20H22F3N5O2. The van der Waals surface area contributed by atoms with Crippen LogP contribution >= 0.6 is 0 Å². The van der Waals surface area contributed by atoms with Crippen molar-refractivity contribution < 1.29 is 22.3 Å². The van der Waals surface area contributed by atoms with Crippen LogP contribution in [0, 0.1) is 0 Å². The summed E-state index contributed by atoms with van der Waals surface area (Å²) >= 11 is 0. The number of halogens is 3. The summed E-state index contributed by atoms with van der Waals surface area (Å²) in [6.45, 7) is 1.76. The van der Waals surface area contributed by atoms with E-state index in [0.717, 1.165) is 12.3 Å². The third-order valence-corrected chi connectivity index (χ3v) is 3.96. The number of nitrogens with one attached hydrogen (secondary N) is 2. The molecule has 0 saturated heterocycles. The molecule has 2 N–H and O–H groups in total. The molecule has 2 heterocycles. The van der Waals surface area contributed by atoms with E-state index in [0.29, 0.717) is 36.1 Å². The fourth-order valence-electron chi connectivity index (χ4n) is 2.60. The molecule has 0 bridgehead atoms. The average molecular weight is 421 g/mol. The molecule has 0 spiro atoms. The molecule has 0 aliphatic carbocycles. The predicted molar refractivity (Wildman–Crippen MR) is 107 cm³/mol. The van der Waals surface area contributed by atoms with E-state index in [1.807, 2.05) is 25.1 Å². The summed E-state index contributed by atoms with van der Waals surface area (Å²) in [4.78, 5) is 10.9. The second-order valence-electron chi connectivity index (χ2n) is 6.70. The third-order valence-electron chi connectivity index (χ3n) is 3.96. The summed E-state index contributed by atoms with van der Waals surface area (Å²) in [5.41, 5.74) is 0.919. The highest BCUT2D eigenvalue weighted by Crippen LogP contribution is 2.28. The molecule has 0 unspecified atom stereocenters. The Morgan fingerprint density at radius 2 is 1.90 bits per heavy atom. The first-order valence-electron chi connectivity index (χ1n) is 9.18. The fourth-order valence-corrected chi connectivity index (χ4v) is 2.60. The van der Waals surface area contributed by atoms with Gasteiger partial charge in [0.15, 0.2) is 0 Å². The highest BCUT2D eigenvalue weighted by atomic mass is 19.4. The smallest absolute Gasteiger partial charge is 0.467 e. The molecule has 0 radical (unpaired) electrons. The summed E-state index contributed by atoms with van der Waals surface area (Å²) in [7, 11) is 3.89. The van der Waals surface area contributed by atoms with Crippen molar-refractivity contribution in [2.75, 3.05) is 37.8 Å². The second kappa shape index (κ2) is 9.49. The Labute approximate surface area is 171 Å². The number of hydrogen-bond donors (Lipinski definition) is 2. The lowest BCUT2D eigenvalue weighted by Gasteiger charge is -2.14. The minimum absolute atomic E-state index is 0.314. The van der Waals surface area contributed by atoms with Crippen molar-refractivity contribution in [2.45, 2.75) is 12.9 Å². The van der Waals surface area contributed by atoms with Gasteiger partial charge in [-0.3, -0.25) is 0 Å². The van der Waals surface area contributed by atoms with Gasteiger partial charge in [0.1, 0.15) is 17.3 Å². The van der Waals surface area contributed by atoms with Gasteiger partial charge in [0, 0.05) is 24.7 Å². The second-order valence-corrected chi connectivity index (χ2v) is 6.70. The minimum atomic E-state index is -4.76. The Kier molecular flexibility index (Phi) is 6.78. The van der Waals surface area contributed by atoms with Gasteiger partial charge in [-0.25, -0.2) is 4.98 Å². The number of nitrogens with zero attached hydrogens (tertiary/aromatic N) is 3. The lowest BCUT2D eigenvalue weighted by atomic mass is 10.1. The number of ether oxygens (including phenoxy) is 1. The molecule has 160 valence electrons. The number of rotatable bonds is 9. The molecule has 0 saturated carbocycles. The normalized spacial score (nSPS) is 11.5. The van der Waals surface area contributed by atoms with Crippen molar-refractivity contribution >= 4 is 11.8 Å². The number of benzene rings is 1. The van der Waals surface area contributed by atoms with Crippen LogP contribution in [0.1, 0.15) is 5.76 Å². The molecule has 0 atom stereocenters. The monoisotopic (exact) mass is 421 g/mol. The molecule has 3 aromatic rings. The fraction of sp³-hybridized carbons (Fsp3) is 0.300. The van der Waals surface area contributed by atoms with Gasteiger partial charge in [-0.15, -0.1) is 13.2 Å². The Bertz CT molecular complexity index is 946. The molecule has 0 aliphatic rings. The number of likely N-dealkylation sites (N-methyl/N-ethyl adjacent to an activating group) is 1. The van der Waals surface area contributed by atoms with Crippen LogP contribution in [0.15, 0.2) is 53.1 Å². The molecule has 7 nitrogen and oxygen atoms in total. The lowest BCUT2D eigenvalue weighted by Crippen LogP contribution is -2.21. The molecule has 30 heavy (non-hydrogen) atoms. The van der Waals surface area contributed by atoms with Gasteiger partial charge in [0.25, 0.3) is 0 Å². The SMILES string of the molecule is CN(C)CCNc1nc(NCc2ccco2)cc(-c2cccc(OC(F)(F)F)c2)n1. The standard InChI is InChI=1S/C20H22F3N5O2/c1-28(2)9-8-24-19-26-17(12-18(27-19)25-13-16-7-4-10-29-16)14-5-3-6-15(11-14)30-20(21,22)23/h3-7,10-12H,8-9,13H2,1-2H3,(H2,24,25,26,27). The van der Waals surface area contributed by atoms with Gasteiger partial charge in [0.2, 0.25) is 5.95 Å². The van der Waals surface area contributed by atoms with Gasteiger partial charge >= 0.3 is 6.36 Å². The van der Waals surface area contributed by atoms with Crippen LogP contribution in [-0.2, 0) is 6.54 Å². The molecule has 2 aromatic heterocycles. The number of hydrogen-bond acceptors (Lipinski definition) is 7. The van der Waals surface area contributed by atoms with Crippen molar-refractivity contribution in [2.24, 2.45) is 0 Å². The average Bonchev–Trinajstić information content (AvgIpc) is 3.18. The first-order valence-corrected chi connectivity index (χ1v) is 9.18. The van der Waals surface area contributed by atoms with Crippen molar-refractivity contribution in [3.63, 3.8) is 0 Å². The van der Waals surface area contributed by atoms with E-state index in [1.54, 1.807) is 24.5 Å². The van der Waals surface area contributed by atoms with E-state index in [2.05, 4.69) is 25.3 Å². The largest absolute Gasteiger partial charge is 0.573 e. The van der Waals surface area contributed by atoms with Crippen LogP contribution in [0.3, 0.4) is 0 Å². The molecule has 3 rings (SSSR count). The summed E-state index contributed by atoms with van der Waals surface area (Å²) < 4.78 is 47.0. The van der Waals surface area contributed by atoms with Crippen LogP contribution in [-0.4, -0.2) is 48.4 Å². The predicted octanol–water partition coefficient (Wildman–Crippen LogP) is 4.22. The van der Waals surface area contributed by atoms with Crippen LogP contribution in [0.5, 0.6) is 5.75 Å². The maximum atomic E-state index is 12.6. The van der Waals surface area contributed by atoms with Crippen molar-refractivity contribution in [3.05, 3.63) is 54.5 Å². The maximum absolute atomic E-state index is 12.6. The van der Waals surface area contributed by atoms with E-state index in [9.17, 15) is 13.2 Å². The van der Waals surface area contributed by atoms with Gasteiger partial charge in [0.05, 0.1) is 18.5 Å². The zero-order valence-electron chi connectivity index (χ0n) is 16.5. The van der Waals surface area contributed by atoms with E-state index in [1.165, 1.54) is 18.2 Å². The minimum Gasteiger partial charge on any atom is -0.467 e. The van der Waals surface area contributed by atoms with Gasteiger partial charge in [-0.1, -0.05) is 12.1 Å². The Morgan fingerprint density at radius 1 is 1.07 bits per heavy atom. The Morgan fingerprint density at radius 3 is 2.60 bits per heavy atom. The van der Waals surface area contributed by atoms with E-state index in [4.69, 9.17) is 4.42 Å². The molecule has 0 fully saturated rings. The van der Waals surface area contributed by atoms with E-state index in [-0.39, 0.29) is 5.75 Å². The summed E-state index contributed by atoms with van der Waals surface area (Å²) in [6.07, 6.45) is -3.19. The summed E-state index contributed by atoms with van der Waals surface area (Å²) in [6, 6.07) is 10.9. The maximum Gasteiger partial charge on any atom is 0.573 e. The first kappa shape index (κ1) is 21.4. The van der Waals surface area contributed by atoms with Gasteiger partial charge < -0.3 is 24.7 Å². The van der Waals surface area contributed by atoms with E-state index >= 15 is 0 Å². The molecule has 10 heteroatoms. The molecular weight excluding hydrogens is 399 g/mol. The topological polar surface area (TPSA) is 75.5 Å². The summed E-state index contributed by atoms with van der Waals surface area (Å²) in [5.74, 6) is 1.27.